The fraction of sp³-hybridized carbons (Fsp3) is 0.143. The van der Waals surface area contributed by atoms with Crippen LogP contribution in [0.25, 0.3) is 0 Å². The van der Waals surface area contributed by atoms with Crippen molar-refractivity contribution in [1.82, 2.24) is 0 Å². The van der Waals surface area contributed by atoms with Crippen molar-refractivity contribution in [3.05, 3.63) is 102 Å². The molecule has 108 valence electrons. The molecule has 0 bridgehead atoms. The zero-order valence-corrected chi connectivity index (χ0v) is 12.3. The van der Waals surface area contributed by atoms with Gasteiger partial charge in [0.2, 0.25) is 0 Å². The molecule has 2 atom stereocenters. The minimum absolute atomic E-state index is 0.330. The normalized spacial score (nSPS) is 23.2. The first-order valence-electron chi connectivity index (χ1n) is 7.73. The largest absolute Gasteiger partial charge is 0.508 e. The molecule has 0 heterocycles. The molecular weight excluding hydrogens is 268 g/mol. The zero-order valence-electron chi connectivity index (χ0n) is 12.3. The molecule has 0 amide bonds. The van der Waals surface area contributed by atoms with Gasteiger partial charge < -0.3 is 5.11 Å². The Hall–Kier alpha value is -2.54. The highest BCUT2D eigenvalue weighted by molar-refractivity contribution is 5.48. The van der Waals surface area contributed by atoms with Crippen molar-refractivity contribution in [3.8, 4) is 5.75 Å². The predicted molar refractivity (Wildman–Crippen MR) is 89.2 cm³/mol. The van der Waals surface area contributed by atoms with Crippen molar-refractivity contribution in [2.45, 2.75) is 17.8 Å². The van der Waals surface area contributed by atoms with Crippen LogP contribution in [0.3, 0.4) is 0 Å². The fourth-order valence-corrected chi connectivity index (χ4v) is 3.60. The maximum Gasteiger partial charge on any atom is 0.115 e. The lowest BCUT2D eigenvalue weighted by Gasteiger charge is -2.01. The van der Waals surface area contributed by atoms with Gasteiger partial charge in [0, 0.05) is 0 Å². The van der Waals surface area contributed by atoms with Gasteiger partial charge in [0.05, 0.1) is 0 Å². The number of phenolic OH excluding ortho intramolecular Hbond substituents is 1. The van der Waals surface area contributed by atoms with Gasteiger partial charge in [-0.05, 0) is 46.6 Å². The van der Waals surface area contributed by atoms with E-state index in [2.05, 4.69) is 72.8 Å². The molecule has 0 radical (unpaired) electrons. The summed E-state index contributed by atoms with van der Waals surface area (Å²) >= 11 is 0. The van der Waals surface area contributed by atoms with Crippen LogP contribution in [0.15, 0.2) is 84.9 Å². The Labute approximate surface area is 130 Å². The summed E-state index contributed by atoms with van der Waals surface area (Å²) < 4.78 is 0. The SMILES string of the molecule is Oc1ccc(C2[C@@H](c3ccccc3)[C@@H]2c2ccccc2)cc1. The van der Waals surface area contributed by atoms with Crippen LogP contribution < -0.4 is 0 Å². The number of phenols is 1. The van der Waals surface area contributed by atoms with E-state index in [0.717, 1.165) is 0 Å². The average Bonchev–Trinajstić information content (AvgIpc) is 3.33. The van der Waals surface area contributed by atoms with E-state index >= 15 is 0 Å². The van der Waals surface area contributed by atoms with Gasteiger partial charge in [-0.25, -0.2) is 0 Å². The molecular formula is C21H18O. The molecule has 22 heavy (non-hydrogen) atoms. The summed E-state index contributed by atoms with van der Waals surface area (Å²) in [6.07, 6.45) is 0. The van der Waals surface area contributed by atoms with E-state index < -0.39 is 0 Å². The first-order chi connectivity index (χ1) is 10.8. The molecule has 0 spiro atoms. The van der Waals surface area contributed by atoms with Gasteiger partial charge in [-0.2, -0.15) is 0 Å². The molecule has 3 aromatic carbocycles. The molecule has 0 saturated heterocycles. The van der Waals surface area contributed by atoms with Crippen LogP contribution >= 0.6 is 0 Å². The number of hydrogen-bond acceptors (Lipinski definition) is 1. The van der Waals surface area contributed by atoms with Gasteiger partial charge in [0.15, 0.2) is 0 Å². The van der Waals surface area contributed by atoms with Crippen molar-refractivity contribution in [2.75, 3.05) is 0 Å². The molecule has 1 nitrogen and oxygen atoms in total. The highest BCUT2D eigenvalue weighted by atomic mass is 16.3. The fourth-order valence-electron chi connectivity index (χ4n) is 3.60. The molecule has 1 aliphatic carbocycles. The van der Waals surface area contributed by atoms with Gasteiger partial charge in [-0.3, -0.25) is 0 Å². The van der Waals surface area contributed by atoms with Gasteiger partial charge in [0.1, 0.15) is 5.75 Å². The second-order valence-electron chi connectivity index (χ2n) is 5.99. The molecule has 0 aliphatic heterocycles. The lowest BCUT2D eigenvalue weighted by atomic mass is 10.0. The minimum atomic E-state index is 0.330. The zero-order chi connectivity index (χ0) is 14.9. The number of benzene rings is 3. The van der Waals surface area contributed by atoms with Crippen LogP contribution in [-0.4, -0.2) is 5.11 Å². The van der Waals surface area contributed by atoms with Gasteiger partial charge >= 0.3 is 0 Å². The van der Waals surface area contributed by atoms with Crippen molar-refractivity contribution in [1.29, 1.82) is 0 Å². The third-order valence-electron chi connectivity index (χ3n) is 4.67. The van der Waals surface area contributed by atoms with Crippen LogP contribution in [0.5, 0.6) is 5.75 Å². The highest BCUT2D eigenvalue weighted by Crippen LogP contribution is 2.66. The van der Waals surface area contributed by atoms with E-state index in [1.807, 2.05) is 0 Å². The Morgan fingerprint density at radius 1 is 0.455 bits per heavy atom. The summed E-state index contributed by atoms with van der Waals surface area (Å²) in [4.78, 5) is 0. The molecule has 3 aromatic rings. The van der Waals surface area contributed by atoms with Crippen LogP contribution in [0.4, 0.5) is 0 Å². The first-order valence-corrected chi connectivity index (χ1v) is 7.73. The van der Waals surface area contributed by atoms with Crippen molar-refractivity contribution < 1.29 is 5.11 Å². The number of hydrogen-bond donors (Lipinski definition) is 1. The minimum Gasteiger partial charge on any atom is -0.508 e. The quantitative estimate of drug-likeness (QED) is 0.713. The summed E-state index contributed by atoms with van der Waals surface area (Å²) in [6.45, 7) is 0. The van der Waals surface area contributed by atoms with E-state index in [9.17, 15) is 5.11 Å². The summed E-state index contributed by atoms with van der Waals surface area (Å²) in [5, 5.41) is 9.52. The Morgan fingerprint density at radius 3 is 1.23 bits per heavy atom. The standard InChI is InChI=1S/C21H18O/c22-18-13-11-17(12-14-18)21-19(15-7-3-1-4-8-15)20(21)16-9-5-2-6-10-16/h1-14,19-22H/t19-,20-/m0/s1. The van der Waals surface area contributed by atoms with E-state index in [-0.39, 0.29) is 0 Å². The van der Waals surface area contributed by atoms with Crippen molar-refractivity contribution in [3.63, 3.8) is 0 Å². The van der Waals surface area contributed by atoms with Crippen LogP contribution in [0.2, 0.25) is 0 Å². The first kappa shape index (κ1) is 13.1. The average molecular weight is 286 g/mol. The van der Waals surface area contributed by atoms with E-state index in [1.165, 1.54) is 16.7 Å². The summed E-state index contributed by atoms with van der Waals surface area (Å²) in [5.74, 6) is 1.86. The monoisotopic (exact) mass is 286 g/mol. The lowest BCUT2D eigenvalue weighted by molar-refractivity contribution is 0.475. The number of aromatic hydroxyl groups is 1. The van der Waals surface area contributed by atoms with E-state index in [4.69, 9.17) is 0 Å². The molecule has 0 aromatic heterocycles. The van der Waals surface area contributed by atoms with Crippen molar-refractivity contribution in [2.24, 2.45) is 0 Å². The smallest absolute Gasteiger partial charge is 0.115 e. The molecule has 1 heteroatoms. The third kappa shape index (κ3) is 2.29. The van der Waals surface area contributed by atoms with Crippen LogP contribution in [0, 0.1) is 0 Å². The maximum atomic E-state index is 9.52. The summed E-state index contributed by atoms with van der Waals surface area (Å²) in [6, 6.07) is 29.2. The van der Waals surface area contributed by atoms with Crippen LogP contribution in [-0.2, 0) is 0 Å². The Kier molecular flexibility index (Phi) is 3.19. The van der Waals surface area contributed by atoms with Gasteiger partial charge in [0.25, 0.3) is 0 Å². The topological polar surface area (TPSA) is 20.2 Å². The molecule has 1 aliphatic rings. The van der Waals surface area contributed by atoms with Crippen molar-refractivity contribution >= 4 is 0 Å². The lowest BCUT2D eigenvalue weighted by Crippen LogP contribution is -1.83. The van der Waals surface area contributed by atoms with E-state index in [1.54, 1.807) is 12.1 Å². The molecule has 1 saturated carbocycles. The Bertz CT molecular complexity index is 701. The third-order valence-corrected chi connectivity index (χ3v) is 4.67. The highest BCUT2D eigenvalue weighted by Gasteiger charge is 2.52. The van der Waals surface area contributed by atoms with Crippen LogP contribution in [0.1, 0.15) is 34.4 Å². The second-order valence-corrected chi connectivity index (χ2v) is 5.99. The molecule has 4 rings (SSSR count). The summed E-state index contributed by atoms with van der Waals surface area (Å²) in [7, 11) is 0. The summed E-state index contributed by atoms with van der Waals surface area (Å²) in [5.41, 5.74) is 4.10. The predicted octanol–water partition coefficient (Wildman–Crippen LogP) is 5.06. The molecule has 1 N–H and O–H groups in total. The molecule has 1 fully saturated rings. The second kappa shape index (κ2) is 5.34. The van der Waals surface area contributed by atoms with Gasteiger partial charge in [-0.1, -0.05) is 72.8 Å². The molecule has 0 unspecified atom stereocenters. The Morgan fingerprint density at radius 2 is 0.818 bits per heavy atom. The number of rotatable bonds is 3. The Balaban J connectivity index is 1.73. The maximum absolute atomic E-state index is 9.52. The van der Waals surface area contributed by atoms with Gasteiger partial charge in [-0.15, -0.1) is 0 Å². The van der Waals surface area contributed by atoms with E-state index in [0.29, 0.717) is 23.5 Å².